The predicted octanol–water partition coefficient (Wildman–Crippen LogP) is 2.29. The van der Waals surface area contributed by atoms with E-state index in [0.717, 1.165) is 26.2 Å². The average molecular weight is 235 g/mol. The standard InChI is InChI=1S/C14H25N3/c1-3-8-15-9-4-5-12-17(2)13-14-6-10-16-11-7-14/h6-7,10-11,15H,3-5,8-9,12-13H2,1-2H3. The second-order valence-corrected chi connectivity index (χ2v) is 4.55. The molecule has 0 unspecified atom stereocenters. The third-order valence-corrected chi connectivity index (χ3v) is 2.77. The lowest BCUT2D eigenvalue weighted by atomic mass is 10.2. The molecule has 0 amide bonds. The highest BCUT2D eigenvalue weighted by molar-refractivity contribution is 5.09. The first kappa shape index (κ1) is 14.1. The van der Waals surface area contributed by atoms with Crippen LogP contribution in [0.5, 0.6) is 0 Å². The summed E-state index contributed by atoms with van der Waals surface area (Å²) >= 11 is 0. The summed E-state index contributed by atoms with van der Waals surface area (Å²) in [6, 6.07) is 4.17. The van der Waals surface area contributed by atoms with E-state index < -0.39 is 0 Å². The summed E-state index contributed by atoms with van der Waals surface area (Å²) in [4.78, 5) is 6.40. The average Bonchev–Trinajstić information content (AvgIpc) is 2.35. The summed E-state index contributed by atoms with van der Waals surface area (Å²) in [5.74, 6) is 0. The zero-order chi connectivity index (χ0) is 12.3. The molecule has 0 aromatic carbocycles. The van der Waals surface area contributed by atoms with Crippen LogP contribution in [0.2, 0.25) is 0 Å². The van der Waals surface area contributed by atoms with Gasteiger partial charge in [-0.1, -0.05) is 6.92 Å². The number of nitrogens with zero attached hydrogens (tertiary/aromatic N) is 2. The lowest BCUT2D eigenvalue weighted by Gasteiger charge is -2.16. The van der Waals surface area contributed by atoms with Crippen molar-refractivity contribution in [2.75, 3.05) is 26.7 Å². The van der Waals surface area contributed by atoms with Gasteiger partial charge < -0.3 is 10.2 Å². The van der Waals surface area contributed by atoms with Crippen LogP contribution in [0, 0.1) is 0 Å². The molecule has 3 nitrogen and oxygen atoms in total. The van der Waals surface area contributed by atoms with Gasteiger partial charge >= 0.3 is 0 Å². The SMILES string of the molecule is CCCNCCCCN(C)Cc1ccncc1. The third-order valence-electron chi connectivity index (χ3n) is 2.77. The van der Waals surface area contributed by atoms with Gasteiger partial charge in [0.05, 0.1) is 0 Å². The van der Waals surface area contributed by atoms with Crippen molar-refractivity contribution >= 4 is 0 Å². The van der Waals surface area contributed by atoms with E-state index >= 15 is 0 Å². The van der Waals surface area contributed by atoms with E-state index in [4.69, 9.17) is 0 Å². The molecule has 96 valence electrons. The first-order valence-corrected chi connectivity index (χ1v) is 6.61. The maximum absolute atomic E-state index is 4.03. The Morgan fingerprint density at radius 2 is 1.94 bits per heavy atom. The van der Waals surface area contributed by atoms with Crippen LogP contribution < -0.4 is 5.32 Å². The van der Waals surface area contributed by atoms with Crippen LogP contribution in [-0.2, 0) is 6.54 Å². The smallest absolute Gasteiger partial charge is 0.0271 e. The molecule has 1 aromatic heterocycles. The predicted molar refractivity (Wildman–Crippen MR) is 73.0 cm³/mol. The number of aromatic nitrogens is 1. The number of hydrogen-bond donors (Lipinski definition) is 1. The maximum atomic E-state index is 4.03. The summed E-state index contributed by atoms with van der Waals surface area (Å²) in [7, 11) is 2.18. The quantitative estimate of drug-likeness (QED) is 0.666. The van der Waals surface area contributed by atoms with Crippen molar-refractivity contribution in [3.63, 3.8) is 0 Å². The van der Waals surface area contributed by atoms with Crippen LogP contribution in [-0.4, -0.2) is 36.6 Å². The van der Waals surface area contributed by atoms with Gasteiger partial charge in [0.1, 0.15) is 0 Å². The van der Waals surface area contributed by atoms with Gasteiger partial charge in [-0.25, -0.2) is 0 Å². The van der Waals surface area contributed by atoms with Crippen LogP contribution >= 0.6 is 0 Å². The zero-order valence-corrected chi connectivity index (χ0v) is 11.2. The van der Waals surface area contributed by atoms with Crippen LogP contribution in [0.4, 0.5) is 0 Å². The minimum atomic E-state index is 1.02. The number of unbranched alkanes of at least 4 members (excludes halogenated alkanes) is 1. The highest BCUT2D eigenvalue weighted by Crippen LogP contribution is 2.02. The lowest BCUT2D eigenvalue weighted by Crippen LogP contribution is -2.21. The molecular formula is C14H25N3. The van der Waals surface area contributed by atoms with E-state index in [1.807, 2.05) is 12.4 Å². The highest BCUT2D eigenvalue weighted by atomic mass is 15.1. The van der Waals surface area contributed by atoms with E-state index in [2.05, 4.69) is 41.3 Å². The van der Waals surface area contributed by atoms with E-state index in [1.165, 1.54) is 24.8 Å². The van der Waals surface area contributed by atoms with Gasteiger partial charge in [0.15, 0.2) is 0 Å². The molecule has 0 aliphatic heterocycles. The zero-order valence-electron chi connectivity index (χ0n) is 11.2. The molecule has 0 radical (unpaired) electrons. The van der Waals surface area contributed by atoms with Crippen LogP contribution in [0.15, 0.2) is 24.5 Å². The Labute approximate surface area is 105 Å². The molecule has 0 atom stereocenters. The number of rotatable bonds is 9. The number of pyridine rings is 1. The maximum Gasteiger partial charge on any atom is 0.0271 e. The molecule has 3 heteroatoms. The van der Waals surface area contributed by atoms with Gasteiger partial charge in [0.25, 0.3) is 0 Å². The van der Waals surface area contributed by atoms with Crippen molar-refractivity contribution in [2.45, 2.75) is 32.7 Å². The van der Waals surface area contributed by atoms with E-state index in [-0.39, 0.29) is 0 Å². The summed E-state index contributed by atoms with van der Waals surface area (Å²) in [5.41, 5.74) is 1.34. The largest absolute Gasteiger partial charge is 0.317 e. The van der Waals surface area contributed by atoms with Gasteiger partial charge in [0, 0.05) is 18.9 Å². The van der Waals surface area contributed by atoms with Crippen molar-refractivity contribution < 1.29 is 0 Å². The van der Waals surface area contributed by atoms with Crippen LogP contribution in [0.25, 0.3) is 0 Å². The van der Waals surface area contributed by atoms with Crippen molar-refractivity contribution in [1.29, 1.82) is 0 Å². The monoisotopic (exact) mass is 235 g/mol. The Morgan fingerprint density at radius 1 is 1.18 bits per heavy atom. The molecule has 0 aliphatic rings. The Morgan fingerprint density at radius 3 is 2.65 bits per heavy atom. The molecule has 1 aromatic rings. The van der Waals surface area contributed by atoms with Crippen LogP contribution in [0.1, 0.15) is 31.7 Å². The molecule has 0 saturated carbocycles. The minimum absolute atomic E-state index is 1.02. The first-order valence-electron chi connectivity index (χ1n) is 6.61. The van der Waals surface area contributed by atoms with Crippen LogP contribution in [0.3, 0.4) is 0 Å². The Kier molecular flexibility index (Phi) is 7.60. The molecule has 0 spiro atoms. The van der Waals surface area contributed by atoms with Gasteiger partial charge in [-0.15, -0.1) is 0 Å². The van der Waals surface area contributed by atoms with E-state index in [9.17, 15) is 0 Å². The molecular weight excluding hydrogens is 210 g/mol. The topological polar surface area (TPSA) is 28.2 Å². The van der Waals surface area contributed by atoms with Crippen molar-refractivity contribution in [2.24, 2.45) is 0 Å². The Hall–Kier alpha value is -0.930. The molecule has 0 bridgehead atoms. The summed E-state index contributed by atoms with van der Waals surface area (Å²) in [6.07, 6.45) is 7.47. The molecule has 0 fully saturated rings. The normalized spacial score (nSPS) is 11.0. The van der Waals surface area contributed by atoms with Gasteiger partial charge in [-0.3, -0.25) is 4.98 Å². The second kappa shape index (κ2) is 9.14. The molecule has 1 N–H and O–H groups in total. The Bertz CT molecular complexity index is 274. The van der Waals surface area contributed by atoms with E-state index in [0.29, 0.717) is 0 Å². The summed E-state index contributed by atoms with van der Waals surface area (Å²) < 4.78 is 0. The number of hydrogen-bond acceptors (Lipinski definition) is 3. The van der Waals surface area contributed by atoms with Gasteiger partial charge in [-0.05, 0) is 63.6 Å². The molecule has 0 saturated heterocycles. The summed E-state index contributed by atoms with van der Waals surface area (Å²) in [6.45, 7) is 6.68. The molecule has 0 aliphatic carbocycles. The van der Waals surface area contributed by atoms with Gasteiger partial charge in [-0.2, -0.15) is 0 Å². The highest BCUT2D eigenvalue weighted by Gasteiger charge is 1.99. The molecule has 1 heterocycles. The molecule has 17 heavy (non-hydrogen) atoms. The summed E-state index contributed by atoms with van der Waals surface area (Å²) in [5, 5.41) is 3.43. The Balaban J connectivity index is 2.03. The van der Waals surface area contributed by atoms with Gasteiger partial charge in [0.2, 0.25) is 0 Å². The first-order chi connectivity index (χ1) is 8.33. The lowest BCUT2D eigenvalue weighted by molar-refractivity contribution is 0.317. The fraction of sp³-hybridized carbons (Fsp3) is 0.643. The van der Waals surface area contributed by atoms with Crippen molar-refractivity contribution in [3.05, 3.63) is 30.1 Å². The fourth-order valence-corrected chi connectivity index (χ4v) is 1.81. The number of nitrogens with one attached hydrogen (secondary N) is 1. The fourth-order valence-electron chi connectivity index (χ4n) is 1.81. The third kappa shape index (κ3) is 7.08. The van der Waals surface area contributed by atoms with Crippen molar-refractivity contribution in [3.8, 4) is 0 Å². The van der Waals surface area contributed by atoms with E-state index in [1.54, 1.807) is 0 Å². The van der Waals surface area contributed by atoms with Crippen molar-refractivity contribution in [1.82, 2.24) is 15.2 Å². The minimum Gasteiger partial charge on any atom is -0.317 e. The second-order valence-electron chi connectivity index (χ2n) is 4.55. The molecule has 1 rings (SSSR count).